The molecule has 2 aromatic rings. The molecule has 2 heterocycles. The van der Waals surface area contributed by atoms with E-state index in [1.54, 1.807) is 0 Å². The molecule has 0 unspecified atom stereocenters. The van der Waals surface area contributed by atoms with Crippen LogP contribution in [-0.2, 0) is 11.2 Å². The van der Waals surface area contributed by atoms with Crippen LogP contribution in [0.5, 0.6) is 5.75 Å². The Labute approximate surface area is 142 Å². The van der Waals surface area contributed by atoms with Gasteiger partial charge in [0.25, 0.3) is 0 Å². The standard InChI is InChI=1S/C20H24O4/c1-10-8-12(3)13(9-11(10)2)14-16(21)15-17(23-18(14)22)20(6,7)24-19(15,4)5/h8-9,21H,1-7H3/p+1. The Balaban J connectivity index is 2.39. The van der Waals surface area contributed by atoms with Crippen molar-refractivity contribution in [3.05, 3.63) is 50.6 Å². The maximum absolute atomic E-state index is 12.7. The molecule has 1 aliphatic rings. The number of benzene rings is 1. The second-order valence-electron chi connectivity index (χ2n) is 7.80. The Morgan fingerprint density at radius 1 is 0.958 bits per heavy atom. The molecule has 0 aliphatic carbocycles. The molecule has 1 aromatic heterocycles. The summed E-state index contributed by atoms with van der Waals surface area (Å²) in [5.74, 6) is 0.451. The number of fused-ring (bicyclic) bond motifs is 1. The molecule has 1 aromatic carbocycles. The zero-order valence-corrected chi connectivity index (χ0v) is 15.4. The third-order valence-corrected chi connectivity index (χ3v) is 4.94. The highest BCUT2D eigenvalue weighted by Gasteiger charge is 2.54. The first-order chi connectivity index (χ1) is 11.0. The van der Waals surface area contributed by atoms with Crippen molar-refractivity contribution in [1.82, 2.24) is 0 Å². The minimum atomic E-state index is -0.633. The monoisotopic (exact) mass is 329 g/mol. The summed E-state index contributed by atoms with van der Waals surface area (Å²) in [5.41, 5.74) is 2.96. The van der Waals surface area contributed by atoms with Crippen molar-refractivity contribution in [2.24, 2.45) is 0 Å². The van der Waals surface area contributed by atoms with Gasteiger partial charge in [-0.1, -0.05) is 12.1 Å². The van der Waals surface area contributed by atoms with Crippen molar-refractivity contribution in [2.45, 2.75) is 59.7 Å². The number of hydrogen-bond acceptors (Lipinski definition) is 3. The number of aryl methyl sites for hydroxylation is 3. The minimum absolute atomic E-state index is 0.00747. The number of aromatic hydroxyl groups is 1. The fourth-order valence-electron chi connectivity index (χ4n) is 3.80. The average molecular weight is 329 g/mol. The van der Waals surface area contributed by atoms with E-state index < -0.39 is 16.8 Å². The van der Waals surface area contributed by atoms with Gasteiger partial charge in [-0.05, 0) is 43.0 Å². The van der Waals surface area contributed by atoms with Crippen LogP contribution in [0.25, 0.3) is 11.1 Å². The van der Waals surface area contributed by atoms with E-state index >= 15 is 0 Å². The third-order valence-electron chi connectivity index (χ3n) is 4.94. The minimum Gasteiger partial charge on any atom is -0.506 e. The second-order valence-corrected chi connectivity index (χ2v) is 7.80. The Morgan fingerprint density at radius 2 is 1.54 bits per heavy atom. The zero-order valence-electron chi connectivity index (χ0n) is 15.4. The van der Waals surface area contributed by atoms with Gasteiger partial charge in [-0.25, -0.2) is 4.79 Å². The van der Waals surface area contributed by atoms with Crippen LogP contribution >= 0.6 is 0 Å². The summed E-state index contributed by atoms with van der Waals surface area (Å²) in [7, 11) is 0. The summed E-state index contributed by atoms with van der Waals surface area (Å²) in [6, 6.07) is 3.96. The normalized spacial score (nSPS) is 17.8. The SMILES string of the molecule is Cc1cc(C)c(-c2c(O)c3c(oc2=O)C(C)(C)[OH+]C3(C)C)cc1C. The van der Waals surface area contributed by atoms with Crippen LogP contribution in [-0.4, -0.2) is 9.84 Å². The van der Waals surface area contributed by atoms with Gasteiger partial charge in [0.2, 0.25) is 11.4 Å². The highest BCUT2D eigenvalue weighted by atomic mass is 16.5. The van der Waals surface area contributed by atoms with E-state index in [0.717, 1.165) is 16.7 Å². The maximum Gasteiger partial charge on any atom is 0.347 e. The molecule has 0 saturated carbocycles. The van der Waals surface area contributed by atoms with Crippen LogP contribution in [0, 0.1) is 20.8 Å². The van der Waals surface area contributed by atoms with E-state index in [0.29, 0.717) is 16.9 Å². The van der Waals surface area contributed by atoms with Gasteiger partial charge in [-0.2, -0.15) is 0 Å². The van der Waals surface area contributed by atoms with Gasteiger partial charge in [0.15, 0.2) is 5.60 Å². The molecule has 4 heteroatoms. The van der Waals surface area contributed by atoms with Crippen LogP contribution in [0.1, 0.15) is 55.7 Å². The first kappa shape index (κ1) is 16.8. The number of aliphatic hydroxyl groups is 2. The Hall–Kier alpha value is -2.07. The maximum atomic E-state index is 12.7. The van der Waals surface area contributed by atoms with Crippen LogP contribution in [0.4, 0.5) is 0 Å². The van der Waals surface area contributed by atoms with E-state index in [-0.39, 0.29) is 11.3 Å². The van der Waals surface area contributed by atoms with Gasteiger partial charge in [0.1, 0.15) is 16.9 Å². The number of rotatable bonds is 1. The molecule has 0 radical (unpaired) electrons. The Kier molecular flexibility index (Phi) is 3.47. The highest BCUT2D eigenvalue weighted by Crippen LogP contribution is 2.49. The van der Waals surface area contributed by atoms with Crippen LogP contribution < -0.4 is 5.63 Å². The molecule has 0 amide bonds. The second kappa shape index (κ2) is 4.96. The lowest BCUT2D eigenvalue weighted by Gasteiger charge is -2.19. The summed E-state index contributed by atoms with van der Waals surface area (Å²) in [5, 5.41) is 11.0. The van der Waals surface area contributed by atoms with Crippen molar-refractivity contribution >= 4 is 0 Å². The first-order valence-electron chi connectivity index (χ1n) is 8.19. The lowest BCUT2D eigenvalue weighted by Crippen LogP contribution is -2.27. The van der Waals surface area contributed by atoms with E-state index in [4.69, 9.17) is 9.15 Å². The number of ether oxygens (including phenoxy) is 1. The predicted molar refractivity (Wildman–Crippen MR) is 94.6 cm³/mol. The number of hydrogen-bond donors (Lipinski definition) is 1. The van der Waals surface area contributed by atoms with E-state index in [2.05, 4.69) is 0 Å². The first-order valence-corrected chi connectivity index (χ1v) is 8.19. The smallest absolute Gasteiger partial charge is 0.347 e. The lowest BCUT2D eigenvalue weighted by atomic mass is 9.90. The Morgan fingerprint density at radius 3 is 2.17 bits per heavy atom. The van der Waals surface area contributed by atoms with Crippen molar-refractivity contribution in [3.63, 3.8) is 0 Å². The lowest BCUT2D eigenvalue weighted by molar-refractivity contribution is -0.250. The van der Waals surface area contributed by atoms with Gasteiger partial charge < -0.3 is 14.3 Å². The summed E-state index contributed by atoms with van der Waals surface area (Å²) >= 11 is 0. The zero-order chi connectivity index (χ0) is 18.0. The molecule has 0 atom stereocenters. The molecule has 0 fully saturated rings. The molecule has 24 heavy (non-hydrogen) atoms. The van der Waals surface area contributed by atoms with Crippen molar-refractivity contribution in [1.29, 1.82) is 0 Å². The molecule has 4 nitrogen and oxygen atoms in total. The van der Waals surface area contributed by atoms with Gasteiger partial charge in [0.05, 0.1) is 0 Å². The van der Waals surface area contributed by atoms with E-state index in [1.807, 2.05) is 60.6 Å². The summed E-state index contributed by atoms with van der Waals surface area (Å²) in [4.78, 5) is 12.7. The van der Waals surface area contributed by atoms with E-state index in [9.17, 15) is 9.90 Å². The largest absolute Gasteiger partial charge is 0.506 e. The Bertz CT molecular complexity index is 901. The predicted octanol–water partition coefficient (Wildman–Crippen LogP) is 3.95. The average Bonchev–Trinajstić information content (AvgIpc) is 2.60. The van der Waals surface area contributed by atoms with Crippen molar-refractivity contribution in [3.8, 4) is 16.9 Å². The fraction of sp³-hybridized carbons (Fsp3) is 0.450. The van der Waals surface area contributed by atoms with Crippen molar-refractivity contribution in [2.75, 3.05) is 0 Å². The molecule has 3 rings (SSSR count). The third kappa shape index (κ3) is 2.28. The van der Waals surface area contributed by atoms with Crippen LogP contribution in [0.3, 0.4) is 0 Å². The molecule has 0 bridgehead atoms. The van der Waals surface area contributed by atoms with Gasteiger partial charge in [-0.3, -0.25) is 0 Å². The molecule has 2 N–H and O–H groups in total. The van der Waals surface area contributed by atoms with Crippen molar-refractivity contribution < 1.29 is 14.3 Å². The molecule has 128 valence electrons. The van der Waals surface area contributed by atoms with Gasteiger partial charge in [-0.15, -0.1) is 0 Å². The highest BCUT2D eigenvalue weighted by molar-refractivity contribution is 5.75. The summed E-state index contributed by atoms with van der Waals surface area (Å²) in [6.45, 7) is 13.6. The molecular weight excluding hydrogens is 304 g/mol. The quantitative estimate of drug-likeness (QED) is 0.806. The summed E-state index contributed by atoms with van der Waals surface area (Å²) < 4.78 is 10.4. The summed E-state index contributed by atoms with van der Waals surface area (Å²) in [6.07, 6.45) is 0. The van der Waals surface area contributed by atoms with Crippen LogP contribution in [0.15, 0.2) is 21.3 Å². The van der Waals surface area contributed by atoms with Gasteiger partial charge in [0, 0.05) is 27.7 Å². The fourth-order valence-corrected chi connectivity index (χ4v) is 3.80. The topological polar surface area (TPSA) is 63.2 Å². The van der Waals surface area contributed by atoms with Crippen LogP contribution in [0.2, 0.25) is 0 Å². The molecular formula is C20H25O4+. The molecule has 1 aliphatic heterocycles. The van der Waals surface area contributed by atoms with Gasteiger partial charge >= 0.3 is 5.63 Å². The van der Waals surface area contributed by atoms with E-state index in [1.165, 1.54) is 0 Å². The molecule has 0 saturated heterocycles. The molecule has 0 spiro atoms.